The van der Waals surface area contributed by atoms with Gasteiger partial charge in [0.1, 0.15) is 5.82 Å². The topological polar surface area (TPSA) is 66.4 Å². The molecule has 18 heavy (non-hydrogen) atoms. The van der Waals surface area contributed by atoms with Crippen LogP contribution in [0.15, 0.2) is 23.4 Å². The van der Waals surface area contributed by atoms with Crippen molar-refractivity contribution in [3.63, 3.8) is 0 Å². The molecule has 0 atom stereocenters. The first-order valence-corrected chi connectivity index (χ1v) is 6.14. The number of carbonyl (C=O) groups excluding carboxylic acids is 1. The normalized spacial score (nSPS) is 9.72. The number of carbonyl (C=O) groups is 1. The van der Waals surface area contributed by atoms with Crippen LogP contribution in [0.25, 0.3) is 0 Å². The maximum Gasteiger partial charge on any atom is 0.252 e. The second kappa shape index (κ2) is 7.42. The molecule has 5 nitrogen and oxygen atoms in total. The minimum absolute atomic E-state index is 0.0855. The molecule has 0 bridgehead atoms. The molecule has 98 valence electrons. The van der Waals surface area contributed by atoms with Crippen LogP contribution in [0.4, 0.5) is 5.82 Å². The van der Waals surface area contributed by atoms with E-state index in [0.717, 1.165) is 18.6 Å². The highest BCUT2D eigenvalue weighted by molar-refractivity contribution is 5.94. The van der Waals surface area contributed by atoms with E-state index in [1.807, 2.05) is 13.8 Å². The third-order valence-corrected chi connectivity index (χ3v) is 2.24. The van der Waals surface area contributed by atoms with Gasteiger partial charge in [0.2, 0.25) is 0 Å². The van der Waals surface area contributed by atoms with Crippen LogP contribution in [-0.4, -0.2) is 23.1 Å². The van der Waals surface area contributed by atoms with Crippen molar-refractivity contribution in [2.24, 2.45) is 5.10 Å². The molecule has 1 aromatic heterocycles. The molecule has 0 aromatic carbocycles. The number of anilines is 1. The molecule has 5 heteroatoms. The van der Waals surface area contributed by atoms with Crippen molar-refractivity contribution in [1.82, 2.24) is 10.3 Å². The Morgan fingerprint density at radius 1 is 1.39 bits per heavy atom. The smallest absolute Gasteiger partial charge is 0.252 e. The van der Waals surface area contributed by atoms with Crippen LogP contribution in [0.1, 0.15) is 44.0 Å². The van der Waals surface area contributed by atoms with E-state index < -0.39 is 0 Å². The van der Waals surface area contributed by atoms with E-state index in [9.17, 15) is 4.79 Å². The number of nitrogens with one attached hydrogen (secondary N) is 2. The van der Waals surface area contributed by atoms with Gasteiger partial charge >= 0.3 is 0 Å². The Labute approximate surface area is 108 Å². The second-order valence-electron chi connectivity index (χ2n) is 4.21. The number of pyridine rings is 1. The SMILES string of the molecule is CCCCNC(=O)c1ccc(NN=C(C)C)nc1. The van der Waals surface area contributed by atoms with E-state index in [2.05, 4.69) is 27.8 Å². The molecular weight excluding hydrogens is 228 g/mol. The Balaban J connectivity index is 2.54. The first kappa shape index (κ1) is 14.2. The average molecular weight is 248 g/mol. The van der Waals surface area contributed by atoms with Gasteiger partial charge in [0, 0.05) is 18.5 Å². The number of hydrogen-bond acceptors (Lipinski definition) is 4. The first-order valence-electron chi connectivity index (χ1n) is 6.14. The van der Waals surface area contributed by atoms with Crippen molar-refractivity contribution < 1.29 is 4.79 Å². The Bertz CT molecular complexity index is 408. The largest absolute Gasteiger partial charge is 0.352 e. The molecule has 1 heterocycles. The number of unbranched alkanes of at least 4 members (excludes halogenated alkanes) is 1. The molecule has 1 amide bonds. The van der Waals surface area contributed by atoms with Crippen molar-refractivity contribution in [3.05, 3.63) is 23.9 Å². The predicted octanol–water partition coefficient (Wildman–Crippen LogP) is 2.42. The van der Waals surface area contributed by atoms with E-state index in [-0.39, 0.29) is 5.91 Å². The fourth-order valence-corrected chi connectivity index (χ4v) is 1.24. The minimum atomic E-state index is -0.0855. The second-order valence-corrected chi connectivity index (χ2v) is 4.21. The number of nitrogens with zero attached hydrogens (tertiary/aromatic N) is 2. The molecule has 0 spiro atoms. The van der Waals surface area contributed by atoms with Crippen LogP contribution in [0.5, 0.6) is 0 Å². The van der Waals surface area contributed by atoms with E-state index in [1.54, 1.807) is 18.3 Å². The highest BCUT2D eigenvalue weighted by Crippen LogP contribution is 2.05. The van der Waals surface area contributed by atoms with Gasteiger partial charge in [-0.25, -0.2) is 4.98 Å². The van der Waals surface area contributed by atoms with Crippen LogP contribution < -0.4 is 10.7 Å². The summed E-state index contributed by atoms with van der Waals surface area (Å²) in [6.45, 7) is 6.57. The van der Waals surface area contributed by atoms with Crippen molar-refractivity contribution >= 4 is 17.4 Å². The Kier molecular flexibility index (Phi) is 5.84. The summed E-state index contributed by atoms with van der Waals surface area (Å²) in [5, 5.41) is 6.88. The van der Waals surface area contributed by atoms with E-state index >= 15 is 0 Å². The quantitative estimate of drug-likeness (QED) is 0.461. The first-order chi connectivity index (χ1) is 8.63. The number of hydrogen-bond donors (Lipinski definition) is 2. The molecule has 0 fully saturated rings. The lowest BCUT2D eigenvalue weighted by Crippen LogP contribution is -2.24. The van der Waals surface area contributed by atoms with Crippen molar-refractivity contribution in [3.8, 4) is 0 Å². The average Bonchev–Trinajstić information content (AvgIpc) is 2.37. The molecule has 0 aliphatic carbocycles. The molecule has 0 saturated carbocycles. The maximum atomic E-state index is 11.7. The molecule has 0 aliphatic rings. The van der Waals surface area contributed by atoms with E-state index in [4.69, 9.17) is 0 Å². The number of aromatic nitrogens is 1. The van der Waals surface area contributed by atoms with Gasteiger partial charge in [0.05, 0.1) is 5.56 Å². The summed E-state index contributed by atoms with van der Waals surface area (Å²) in [6.07, 6.45) is 3.60. The van der Waals surface area contributed by atoms with Gasteiger partial charge in [-0.3, -0.25) is 10.2 Å². The number of rotatable bonds is 6. The highest BCUT2D eigenvalue weighted by atomic mass is 16.1. The summed E-state index contributed by atoms with van der Waals surface area (Å²) in [5.41, 5.74) is 4.29. The summed E-state index contributed by atoms with van der Waals surface area (Å²) in [4.78, 5) is 15.8. The molecule has 0 saturated heterocycles. The fraction of sp³-hybridized carbons (Fsp3) is 0.462. The van der Waals surface area contributed by atoms with Gasteiger partial charge < -0.3 is 5.32 Å². The lowest BCUT2D eigenvalue weighted by Gasteiger charge is -2.05. The molecule has 0 radical (unpaired) electrons. The lowest BCUT2D eigenvalue weighted by molar-refractivity contribution is 0.0953. The minimum Gasteiger partial charge on any atom is -0.352 e. The zero-order chi connectivity index (χ0) is 13.4. The predicted molar refractivity (Wildman–Crippen MR) is 73.9 cm³/mol. The summed E-state index contributed by atoms with van der Waals surface area (Å²) >= 11 is 0. The molecule has 1 rings (SSSR count). The van der Waals surface area contributed by atoms with Gasteiger partial charge in [-0.2, -0.15) is 5.10 Å². The molecule has 0 aliphatic heterocycles. The summed E-state index contributed by atoms with van der Waals surface area (Å²) in [6, 6.07) is 3.47. The highest BCUT2D eigenvalue weighted by Gasteiger charge is 2.04. The molecule has 1 aromatic rings. The standard InChI is InChI=1S/C13H20N4O/c1-4-5-8-14-13(18)11-6-7-12(15-9-11)17-16-10(2)3/h6-7,9H,4-5,8H2,1-3H3,(H,14,18)(H,15,17). The lowest BCUT2D eigenvalue weighted by atomic mass is 10.2. The van der Waals surface area contributed by atoms with Crippen molar-refractivity contribution in [2.75, 3.05) is 12.0 Å². The van der Waals surface area contributed by atoms with E-state index in [1.165, 1.54) is 0 Å². The van der Waals surface area contributed by atoms with Crippen LogP contribution in [0, 0.1) is 0 Å². The van der Waals surface area contributed by atoms with Crippen LogP contribution in [-0.2, 0) is 0 Å². The van der Waals surface area contributed by atoms with Crippen LogP contribution in [0.2, 0.25) is 0 Å². The van der Waals surface area contributed by atoms with Gasteiger partial charge in [0.15, 0.2) is 0 Å². The summed E-state index contributed by atoms with van der Waals surface area (Å²) in [7, 11) is 0. The molecular formula is C13H20N4O. The van der Waals surface area contributed by atoms with E-state index in [0.29, 0.717) is 17.9 Å². The molecule has 2 N–H and O–H groups in total. The van der Waals surface area contributed by atoms with Gasteiger partial charge in [-0.15, -0.1) is 0 Å². The zero-order valence-corrected chi connectivity index (χ0v) is 11.2. The summed E-state index contributed by atoms with van der Waals surface area (Å²) in [5.74, 6) is 0.541. The Morgan fingerprint density at radius 2 is 2.17 bits per heavy atom. The monoisotopic (exact) mass is 248 g/mol. The summed E-state index contributed by atoms with van der Waals surface area (Å²) < 4.78 is 0. The molecule has 0 unspecified atom stereocenters. The van der Waals surface area contributed by atoms with Crippen LogP contribution >= 0.6 is 0 Å². The number of hydrazone groups is 1. The van der Waals surface area contributed by atoms with Gasteiger partial charge in [-0.1, -0.05) is 13.3 Å². The van der Waals surface area contributed by atoms with Crippen molar-refractivity contribution in [1.29, 1.82) is 0 Å². The van der Waals surface area contributed by atoms with Gasteiger partial charge in [-0.05, 0) is 32.4 Å². The zero-order valence-electron chi connectivity index (χ0n) is 11.2. The van der Waals surface area contributed by atoms with Crippen LogP contribution in [0.3, 0.4) is 0 Å². The Morgan fingerprint density at radius 3 is 2.72 bits per heavy atom. The van der Waals surface area contributed by atoms with Crippen molar-refractivity contribution in [2.45, 2.75) is 33.6 Å². The third kappa shape index (κ3) is 4.95. The van der Waals surface area contributed by atoms with Gasteiger partial charge in [0.25, 0.3) is 5.91 Å². The maximum absolute atomic E-state index is 11.7. The number of amides is 1. The fourth-order valence-electron chi connectivity index (χ4n) is 1.24. The Hall–Kier alpha value is -1.91. The third-order valence-electron chi connectivity index (χ3n) is 2.24.